The number of amides is 1. The quantitative estimate of drug-likeness (QED) is 0.599. The highest BCUT2D eigenvalue weighted by Gasteiger charge is 2.16. The van der Waals surface area contributed by atoms with Crippen molar-refractivity contribution in [2.75, 3.05) is 32.9 Å². The molecule has 1 fully saturated rings. The first-order valence-electron chi connectivity index (χ1n) is 8.62. The van der Waals surface area contributed by atoms with E-state index < -0.39 is 0 Å². The largest absolute Gasteiger partial charge is 0.352 e. The number of nitrogens with one attached hydrogen (secondary N) is 2. The van der Waals surface area contributed by atoms with E-state index in [1.165, 1.54) is 12.5 Å². The van der Waals surface area contributed by atoms with Gasteiger partial charge < -0.3 is 15.5 Å². The average Bonchev–Trinajstić information content (AvgIpc) is 2.64. The standard InChI is InChI=1S/C18H27FN4OS/c1-20-18(22-12-17(24)23-8-4-3-5-9-23)21-11-14-6-7-16(19)10-15(14)13-25-2/h6-7,10H,3-5,8-9,11-13H2,1-2H3,(H2,20,21,22). The molecule has 1 heterocycles. The van der Waals surface area contributed by atoms with Gasteiger partial charge in [-0.1, -0.05) is 6.07 Å². The second-order valence-corrected chi connectivity index (χ2v) is 6.93. The predicted octanol–water partition coefficient (Wildman–Crippen LogP) is 2.37. The van der Waals surface area contributed by atoms with E-state index in [1.54, 1.807) is 30.9 Å². The predicted molar refractivity (Wildman–Crippen MR) is 102 cm³/mol. The van der Waals surface area contributed by atoms with Gasteiger partial charge in [0.25, 0.3) is 0 Å². The van der Waals surface area contributed by atoms with Crippen molar-refractivity contribution in [1.29, 1.82) is 0 Å². The Morgan fingerprint density at radius 3 is 2.68 bits per heavy atom. The van der Waals surface area contributed by atoms with E-state index in [-0.39, 0.29) is 18.3 Å². The van der Waals surface area contributed by atoms with E-state index in [4.69, 9.17) is 0 Å². The second kappa shape index (κ2) is 10.3. The summed E-state index contributed by atoms with van der Waals surface area (Å²) in [5, 5.41) is 6.27. The number of halogens is 1. The highest BCUT2D eigenvalue weighted by Crippen LogP contribution is 2.16. The van der Waals surface area contributed by atoms with E-state index in [0.717, 1.165) is 42.8 Å². The van der Waals surface area contributed by atoms with Crippen LogP contribution in [0.4, 0.5) is 4.39 Å². The lowest BCUT2D eigenvalue weighted by atomic mass is 10.1. The molecule has 2 N–H and O–H groups in total. The summed E-state index contributed by atoms with van der Waals surface area (Å²) in [6, 6.07) is 4.83. The Kier molecular flexibility index (Phi) is 8.04. The van der Waals surface area contributed by atoms with Crippen LogP contribution in [-0.4, -0.2) is 49.7 Å². The lowest BCUT2D eigenvalue weighted by Gasteiger charge is -2.27. The van der Waals surface area contributed by atoms with Crippen LogP contribution in [0.5, 0.6) is 0 Å². The molecule has 1 aliphatic rings. The maximum absolute atomic E-state index is 13.4. The van der Waals surface area contributed by atoms with Gasteiger partial charge in [0.05, 0.1) is 6.54 Å². The molecule has 1 aromatic rings. The Morgan fingerprint density at radius 2 is 2.00 bits per heavy atom. The van der Waals surface area contributed by atoms with Gasteiger partial charge >= 0.3 is 0 Å². The van der Waals surface area contributed by atoms with Crippen molar-refractivity contribution >= 4 is 23.6 Å². The molecule has 0 radical (unpaired) electrons. The molecule has 2 rings (SSSR count). The number of benzene rings is 1. The fourth-order valence-electron chi connectivity index (χ4n) is 2.87. The van der Waals surface area contributed by atoms with E-state index in [2.05, 4.69) is 15.6 Å². The molecule has 0 unspecified atom stereocenters. The van der Waals surface area contributed by atoms with Crippen LogP contribution in [0.3, 0.4) is 0 Å². The van der Waals surface area contributed by atoms with Crippen LogP contribution in [0.2, 0.25) is 0 Å². The van der Waals surface area contributed by atoms with E-state index in [1.807, 2.05) is 11.2 Å². The third-order valence-electron chi connectivity index (χ3n) is 4.25. The van der Waals surface area contributed by atoms with E-state index in [9.17, 15) is 9.18 Å². The molecule has 0 bridgehead atoms. The van der Waals surface area contributed by atoms with Crippen molar-refractivity contribution in [3.63, 3.8) is 0 Å². The Balaban J connectivity index is 1.85. The summed E-state index contributed by atoms with van der Waals surface area (Å²) >= 11 is 1.66. The normalized spacial score (nSPS) is 15.2. The third-order valence-corrected chi connectivity index (χ3v) is 4.85. The van der Waals surface area contributed by atoms with Crippen molar-refractivity contribution in [3.8, 4) is 0 Å². The molecule has 5 nitrogen and oxygen atoms in total. The first-order chi connectivity index (χ1) is 12.1. The number of guanidine groups is 1. The highest BCUT2D eigenvalue weighted by molar-refractivity contribution is 7.97. The van der Waals surface area contributed by atoms with Crippen molar-refractivity contribution in [2.45, 2.75) is 31.6 Å². The fraction of sp³-hybridized carbons (Fsp3) is 0.556. The topological polar surface area (TPSA) is 56.7 Å². The van der Waals surface area contributed by atoms with E-state index in [0.29, 0.717) is 12.5 Å². The number of likely N-dealkylation sites (tertiary alicyclic amines) is 1. The smallest absolute Gasteiger partial charge is 0.241 e. The monoisotopic (exact) mass is 366 g/mol. The van der Waals surface area contributed by atoms with Crippen LogP contribution >= 0.6 is 11.8 Å². The number of rotatable bonds is 6. The molecule has 0 aliphatic carbocycles. The number of aliphatic imine (C=N–C) groups is 1. The lowest BCUT2D eigenvalue weighted by Crippen LogP contribution is -2.45. The van der Waals surface area contributed by atoms with Gasteiger partial charge in [-0.05, 0) is 48.8 Å². The van der Waals surface area contributed by atoms with Gasteiger partial charge in [-0.25, -0.2) is 4.39 Å². The molecule has 1 saturated heterocycles. The number of thioether (sulfide) groups is 1. The summed E-state index contributed by atoms with van der Waals surface area (Å²) in [5.41, 5.74) is 2.00. The minimum absolute atomic E-state index is 0.104. The molecule has 1 aliphatic heterocycles. The minimum atomic E-state index is -0.220. The molecule has 0 saturated carbocycles. The Bertz CT molecular complexity index is 603. The fourth-order valence-corrected chi connectivity index (χ4v) is 3.45. The van der Waals surface area contributed by atoms with Gasteiger partial charge in [0.15, 0.2) is 5.96 Å². The Morgan fingerprint density at radius 1 is 1.24 bits per heavy atom. The molecule has 0 aromatic heterocycles. The molecule has 0 atom stereocenters. The highest BCUT2D eigenvalue weighted by atomic mass is 32.2. The maximum Gasteiger partial charge on any atom is 0.241 e. The lowest BCUT2D eigenvalue weighted by molar-refractivity contribution is -0.130. The summed E-state index contributed by atoms with van der Waals surface area (Å²) in [7, 11) is 1.67. The van der Waals surface area contributed by atoms with Crippen molar-refractivity contribution in [2.24, 2.45) is 4.99 Å². The molecular formula is C18H27FN4OS. The van der Waals surface area contributed by atoms with Crippen molar-refractivity contribution < 1.29 is 9.18 Å². The number of hydrogen-bond donors (Lipinski definition) is 2. The molecular weight excluding hydrogens is 339 g/mol. The molecule has 7 heteroatoms. The molecule has 1 aromatic carbocycles. The van der Waals surface area contributed by atoms with Gasteiger partial charge in [0, 0.05) is 32.4 Å². The van der Waals surface area contributed by atoms with Crippen LogP contribution in [0.25, 0.3) is 0 Å². The molecule has 25 heavy (non-hydrogen) atoms. The minimum Gasteiger partial charge on any atom is -0.352 e. The summed E-state index contributed by atoms with van der Waals surface area (Å²) < 4.78 is 13.4. The number of nitrogens with zero attached hydrogens (tertiary/aromatic N) is 2. The Labute approximate surface area is 153 Å². The van der Waals surface area contributed by atoms with E-state index >= 15 is 0 Å². The molecule has 1 amide bonds. The number of hydrogen-bond acceptors (Lipinski definition) is 3. The van der Waals surface area contributed by atoms with Gasteiger partial charge in [-0.3, -0.25) is 9.79 Å². The number of piperidine rings is 1. The van der Waals surface area contributed by atoms with Crippen molar-refractivity contribution in [1.82, 2.24) is 15.5 Å². The van der Waals surface area contributed by atoms with Crippen LogP contribution < -0.4 is 10.6 Å². The first-order valence-corrected chi connectivity index (χ1v) is 10.0. The Hall–Kier alpha value is -1.76. The average molecular weight is 367 g/mol. The number of carbonyl (C=O) groups excluding carboxylic acids is 1. The van der Waals surface area contributed by atoms with Gasteiger partial charge in [-0.15, -0.1) is 0 Å². The van der Waals surface area contributed by atoms with Crippen LogP contribution in [-0.2, 0) is 17.1 Å². The van der Waals surface area contributed by atoms with Crippen LogP contribution in [0, 0.1) is 5.82 Å². The maximum atomic E-state index is 13.4. The molecule has 0 spiro atoms. The zero-order chi connectivity index (χ0) is 18.1. The molecule has 138 valence electrons. The van der Waals surface area contributed by atoms with Gasteiger partial charge in [-0.2, -0.15) is 11.8 Å². The SMILES string of the molecule is CN=C(NCC(=O)N1CCCCC1)NCc1ccc(F)cc1CSC. The summed E-state index contributed by atoms with van der Waals surface area (Å²) in [5.74, 6) is 1.22. The van der Waals surface area contributed by atoms with Crippen LogP contribution in [0.1, 0.15) is 30.4 Å². The zero-order valence-electron chi connectivity index (χ0n) is 15.0. The van der Waals surface area contributed by atoms with Crippen molar-refractivity contribution in [3.05, 3.63) is 35.1 Å². The third kappa shape index (κ3) is 6.23. The summed E-state index contributed by atoms with van der Waals surface area (Å²) in [6.07, 6.45) is 5.37. The van der Waals surface area contributed by atoms with Crippen LogP contribution in [0.15, 0.2) is 23.2 Å². The summed E-state index contributed by atoms with van der Waals surface area (Å²) in [6.45, 7) is 2.47. The number of carbonyl (C=O) groups is 1. The summed E-state index contributed by atoms with van der Waals surface area (Å²) in [4.78, 5) is 18.3. The second-order valence-electron chi connectivity index (χ2n) is 6.07. The first kappa shape index (κ1) is 19.6. The zero-order valence-corrected chi connectivity index (χ0v) is 15.8. The van der Waals surface area contributed by atoms with Gasteiger partial charge in [0.2, 0.25) is 5.91 Å². The van der Waals surface area contributed by atoms with Gasteiger partial charge in [0.1, 0.15) is 5.82 Å².